The normalized spacial score (nSPS) is 10.5. The lowest BCUT2D eigenvalue weighted by atomic mass is 10.2. The lowest BCUT2D eigenvalue weighted by Crippen LogP contribution is -2.31. The highest BCUT2D eigenvalue weighted by Crippen LogP contribution is 2.23. The molecule has 0 saturated heterocycles. The molecule has 0 spiro atoms. The van der Waals surface area contributed by atoms with Gasteiger partial charge in [0.1, 0.15) is 0 Å². The zero-order valence-electron chi connectivity index (χ0n) is 14.3. The van der Waals surface area contributed by atoms with Crippen molar-refractivity contribution in [2.45, 2.75) is 6.92 Å². The van der Waals surface area contributed by atoms with E-state index in [0.717, 1.165) is 17.8 Å². The molecule has 138 valence electrons. The number of hydrogen-bond donors (Lipinski definition) is 1. The van der Waals surface area contributed by atoms with Gasteiger partial charge in [0, 0.05) is 12.2 Å². The van der Waals surface area contributed by atoms with E-state index in [2.05, 4.69) is 15.5 Å². The van der Waals surface area contributed by atoms with Crippen LogP contribution in [0.3, 0.4) is 0 Å². The first-order valence-electron chi connectivity index (χ1n) is 8.12. The van der Waals surface area contributed by atoms with E-state index >= 15 is 0 Å². The largest absolute Gasteiger partial charge is 0.336 e. The average Bonchev–Trinajstić information content (AvgIpc) is 2.70. The number of carbonyl (C=O) groups excluding carboxylic acids is 1. The van der Waals surface area contributed by atoms with Crippen LogP contribution in [0.5, 0.6) is 0 Å². The summed E-state index contributed by atoms with van der Waals surface area (Å²) in [6.45, 7) is 2.27. The molecule has 0 aliphatic heterocycles. The summed E-state index contributed by atoms with van der Waals surface area (Å²) in [5.74, 6) is -4.49. The summed E-state index contributed by atoms with van der Waals surface area (Å²) >= 11 is 0. The first-order valence-corrected chi connectivity index (χ1v) is 8.12. The van der Waals surface area contributed by atoms with Crippen LogP contribution in [0.25, 0.3) is 0 Å². The van der Waals surface area contributed by atoms with Crippen molar-refractivity contribution in [2.24, 2.45) is 0 Å². The Morgan fingerprint density at radius 3 is 2.33 bits per heavy atom. The van der Waals surface area contributed by atoms with Crippen molar-refractivity contribution in [3.05, 3.63) is 77.7 Å². The van der Waals surface area contributed by atoms with Crippen LogP contribution in [-0.2, 0) is 0 Å². The van der Waals surface area contributed by atoms with E-state index in [-0.39, 0.29) is 23.1 Å². The molecule has 0 unspecified atom stereocenters. The number of aromatic nitrogens is 2. The number of amides is 1. The average molecular weight is 372 g/mol. The zero-order valence-corrected chi connectivity index (χ0v) is 14.3. The smallest absolute Gasteiger partial charge is 0.278 e. The Morgan fingerprint density at radius 2 is 1.70 bits per heavy atom. The summed E-state index contributed by atoms with van der Waals surface area (Å²) in [6, 6.07) is 13.8. The maximum Gasteiger partial charge on any atom is 0.278 e. The number of nitrogens with zero attached hydrogens (tertiary/aromatic N) is 3. The number of hydrogen-bond acceptors (Lipinski definition) is 4. The van der Waals surface area contributed by atoms with E-state index in [4.69, 9.17) is 0 Å². The fraction of sp³-hybridized carbons (Fsp3) is 0.105. The quantitative estimate of drug-likeness (QED) is 0.679. The number of anilines is 3. The molecule has 3 aromatic rings. The Morgan fingerprint density at radius 1 is 0.963 bits per heavy atom. The predicted octanol–water partition coefficient (Wildman–Crippen LogP) is 4.30. The van der Waals surface area contributed by atoms with Gasteiger partial charge in [-0.15, -0.1) is 10.2 Å². The van der Waals surface area contributed by atoms with Gasteiger partial charge < -0.3 is 10.2 Å². The number of carbonyl (C=O) groups is 1. The summed E-state index contributed by atoms with van der Waals surface area (Å²) in [5, 5.41) is 10.2. The number of para-hydroxylation sites is 1. The van der Waals surface area contributed by atoms with Crippen LogP contribution in [-0.4, -0.2) is 22.6 Å². The maximum atomic E-state index is 13.7. The lowest BCUT2D eigenvalue weighted by molar-refractivity contribution is 0.0982. The summed E-state index contributed by atoms with van der Waals surface area (Å²) in [5.41, 5.74) is 0.525. The second kappa shape index (κ2) is 7.86. The molecule has 0 atom stereocenters. The summed E-state index contributed by atoms with van der Waals surface area (Å²) in [7, 11) is 0. The van der Waals surface area contributed by atoms with E-state index in [1.807, 2.05) is 25.1 Å². The van der Waals surface area contributed by atoms with E-state index < -0.39 is 17.5 Å². The number of nitrogens with one attached hydrogen (secondary N) is 1. The third-order valence-corrected chi connectivity index (χ3v) is 3.81. The van der Waals surface area contributed by atoms with Gasteiger partial charge >= 0.3 is 0 Å². The van der Waals surface area contributed by atoms with Gasteiger partial charge in [0.25, 0.3) is 5.91 Å². The molecule has 2 aromatic carbocycles. The Balaban J connectivity index is 1.79. The summed E-state index contributed by atoms with van der Waals surface area (Å²) < 4.78 is 40.0. The van der Waals surface area contributed by atoms with E-state index in [1.165, 1.54) is 17.0 Å². The molecule has 3 rings (SSSR count). The first-order chi connectivity index (χ1) is 13.0. The topological polar surface area (TPSA) is 58.1 Å². The minimum absolute atomic E-state index is 0.0826. The third-order valence-electron chi connectivity index (χ3n) is 3.81. The van der Waals surface area contributed by atoms with Crippen molar-refractivity contribution in [3.8, 4) is 0 Å². The molecule has 5 nitrogen and oxygen atoms in total. The van der Waals surface area contributed by atoms with Gasteiger partial charge in [-0.05, 0) is 43.3 Å². The fourth-order valence-corrected chi connectivity index (χ4v) is 2.46. The van der Waals surface area contributed by atoms with Crippen LogP contribution in [0.4, 0.5) is 30.4 Å². The fourth-order valence-electron chi connectivity index (χ4n) is 2.46. The highest BCUT2D eigenvalue weighted by molar-refractivity contribution is 6.04. The molecule has 1 aromatic heterocycles. The minimum Gasteiger partial charge on any atom is -0.336 e. The standard InChI is InChI=1S/C19H15F3N4O/c1-2-26(12-6-4-3-5-7-12)19(27)15-10-11-16(25-24-15)23-14-9-8-13(20)17(21)18(14)22/h3-11H,2H2,1H3,(H,23,25). The van der Waals surface area contributed by atoms with Crippen molar-refractivity contribution >= 4 is 23.1 Å². The molecule has 1 amide bonds. The van der Waals surface area contributed by atoms with Crippen LogP contribution >= 0.6 is 0 Å². The molecule has 27 heavy (non-hydrogen) atoms. The van der Waals surface area contributed by atoms with Crippen LogP contribution < -0.4 is 10.2 Å². The number of halogens is 3. The van der Waals surface area contributed by atoms with Crippen molar-refractivity contribution in [1.29, 1.82) is 0 Å². The molecule has 0 fully saturated rings. The number of benzene rings is 2. The van der Waals surface area contributed by atoms with Crippen molar-refractivity contribution < 1.29 is 18.0 Å². The third kappa shape index (κ3) is 3.89. The summed E-state index contributed by atoms with van der Waals surface area (Å²) in [6.07, 6.45) is 0. The van der Waals surface area contributed by atoms with Gasteiger partial charge in [-0.3, -0.25) is 4.79 Å². The van der Waals surface area contributed by atoms with Gasteiger partial charge in [-0.2, -0.15) is 0 Å². The Bertz CT molecular complexity index is 949. The SMILES string of the molecule is CCN(C(=O)c1ccc(Nc2ccc(F)c(F)c2F)nn1)c1ccccc1. The lowest BCUT2D eigenvalue weighted by Gasteiger charge is -2.20. The zero-order chi connectivity index (χ0) is 19.4. The van der Waals surface area contributed by atoms with Crippen molar-refractivity contribution in [3.63, 3.8) is 0 Å². The predicted molar refractivity (Wildman–Crippen MR) is 95.4 cm³/mol. The van der Waals surface area contributed by atoms with Crippen LogP contribution in [0.2, 0.25) is 0 Å². The maximum absolute atomic E-state index is 13.7. The molecule has 0 aliphatic carbocycles. The van der Waals surface area contributed by atoms with Gasteiger partial charge in [-0.1, -0.05) is 18.2 Å². The molecule has 1 N–H and O–H groups in total. The van der Waals surface area contributed by atoms with Gasteiger partial charge in [0.05, 0.1) is 5.69 Å². The number of rotatable bonds is 5. The van der Waals surface area contributed by atoms with E-state index in [9.17, 15) is 18.0 Å². The molecule has 1 heterocycles. The van der Waals surface area contributed by atoms with Gasteiger partial charge in [-0.25, -0.2) is 13.2 Å². The Kier molecular flexibility index (Phi) is 5.35. The second-order valence-electron chi connectivity index (χ2n) is 5.54. The second-order valence-corrected chi connectivity index (χ2v) is 5.54. The summed E-state index contributed by atoms with van der Waals surface area (Å²) in [4.78, 5) is 14.2. The van der Waals surface area contributed by atoms with Gasteiger partial charge in [0.2, 0.25) is 0 Å². The molecule has 0 radical (unpaired) electrons. The van der Waals surface area contributed by atoms with E-state index in [0.29, 0.717) is 6.54 Å². The van der Waals surface area contributed by atoms with Crippen LogP contribution in [0.15, 0.2) is 54.6 Å². The van der Waals surface area contributed by atoms with Crippen molar-refractivity contribution in [2.75, 3.05) is 16.8 Å². The van der Waals surface area contributed by atoms with Crippen LogP contribution in [0, 0.1) is 17.5 Å². The molecular formula is C19H15F3N4O. The highest BCUT2D eigenvalue weighted by atomic mass is 19.2. The minimum atomic E-state index is -1.58. The van der Waals surface area contributed by atoms with Crippen LogP contribution in [0.1, 0.15) is 17.4 Å². The van der Waals surface area contributed by atoms with E-state index in [1.54, 1.807) is 12.1 Å². The Hall–Kier alpha value is -3.42. The molecular weight excluding hydrogens is 357 g/mol. The molecule has 0 aliphatic rings. The molecule has 0 bridgehead atoms. The first kappa shape index (κ1) is 18.4. The monoisotopic (exact) mass is 372 g/mol. The van der Waals surface area contributed by atoms with Gasteiger partial charge in [0.15, 0.2) is 29.0 Å². The Labute approximate surface area is 153 Å². The molecule has 0 saturated carbocycles. The molecule has 8 heteroatoms. The highest BCUT2D eigenvalue weighted by Gasteiger charge is 2.18. The van der Waals surface area contributed by atoms with Crippen molar-refractivity contribution in [1.82, 2.24) is 10.2 Å².